The first kappa shape index (κ1) is 14.3. The lowest BCUT2D eigenvalue weighted by Gasteiger charge is -2.12. The molecule has 0 atom stereocenters. The lowest BCUT2D eigenvalue weighted by Crippen LogP contribution is -2.32. The summed E-state index contributed by atoms with van der Waals surface area (Å²) in [7, 11) is 0. The van der Waals surface area contributed by atoms with Crippen molar-refractivity contribution in [3.63, 3.8) is 0 Å². The fraction of sp³-hybridized carbons (Fsp3) is 0.312. The second kappa shape index (κ2) is 6.91. The van der Waals surface area contributed by atoms with Crippen LogP contribution in [0, 0.1) is 0 Å². The van der Waals surface area contributed by atoms with Crippen molar-refractivity contribution in [2.45, 2.75) is 19.9 Å². The molecule has 2 N–H and O–H groups in total. The second-order valence-electron chi connectivity index (χ2n) is 4.97. The Labute approximate surface area is 119 Å². The number of hydrogen-bond acceptors (Lipinski definition) is 4. The van der Waals surface area contributed by atoms with Gasteiger partial charge in [0.05, 0.1) is 0 Å². The van der Waals surface area contributed by atoms with Crippen LogP contribution in [0.3, 0.4) is 0 Å². The van der Waals surface area contributed by atoms with E-state index in [-0.39, 0.29) is 6.61 Å². The zero-order chi connectivity index (χ0) is 14.4. The summed E-state index contributed by atoms with van der Waals surface area (Å²) >= 11 is 0. The van der Waals surface area contributed by atoms with E-state index in [1.807, 2.05) is 56.3 Å². The summed E-state index contributed by atoms with van der Waals surface area (Å²) in [6.07, 6.45) is 0. The molecule has 4 nitrogen and oxygen atoms in total. The van der Waals surface area contributed by atoms with Gasteiger partial charge in [-0.05, 0) is 11.5 Å². The van der Waals surface area contributed by atoms with Gasteiger partial charge in [0.2, 0.25) is 0 Å². The van der Waals surface area contributed by atoms with Crippen LogP contribution < -0.4 is 10.1 Å². The number of oxime groups is 1. The predicted molar refractivity (Wildman–Crippen MR) is 81.8 cm³/mol. The molecule has 0 spiro atoms. The van der Waals surface area contributed by atoms with E-state index >= 15 is 0 Å². The van der Waals surface area contributed by atoms with E-state index < -0.39 is 0 Å². The highest BCUT2D eigenvalue weighted by Crippen LogP contribution is 2.24. The molecule has 0 radical (unpaired) electrons. The SMILES string of the molecule is CC(C)NCC(COc1cccc2ccccc12)=NO. The Morgan fingerprint density at radius 1 is 1.20 bits per heavy atom. The van der Waals surface area contributed by atoms with Crippen molar-refractivity contribution in [1.82, 2.24) is 5.32 Å². The fourth-order valence-electron chi connectivity index (χ4n) is 1.92. The van der Waals surface area contributed by atoms with Gasteiger partial charge in [0, 0.05) is 18.0 Å². The minimum absolute atomic E-state index is 0.268. The van der Waals surface area contributed by atoms with Gasteiger partial charge in [0.25, 0.3) is 0 Å². The molecular weight excluding hydrogens is 252 g/mol. The zero-order valence-electron chi connectivity index (χ0n) is 11.8. The van der Waals surface area contributed by atoms with Crippen LogP contribution in [-0.2, 0) is 0 Å². The van der Waals surface area contributed by atoms with Gasteiger partial charge in [-0.1, -0.05) is 55.4 Å². The molecule has 0 aliphatic heterocycles. The first-order valence-corrected chi connectivity index (χ1v) is 6.74. The maximum absolute atomic E-state index is 9.00. The number of rotatable bonds is 6. The Morgan fingerprint density at radius 3 is 2.70 bits per heavy atom. The topological polar surface area (TPSA) is 53.8 Å². The molecule has 0 heterocycles. The van der Waals surface area contributed by atoms with Gasteiger partial charge in [-0.25, -0.2) is 0 Å². The van der Waals surface area contributed by atoms with Crippen LogP contribution in [0.25, 0.3) is 10.8 Å². The first-order valence-electron chi connectivity index (χ1n) is 6.74. The highest BCUT2D eigenvalue weighted by Gasteiger charge is 2.05. The summed E-state index contributed by atoms with van der Waals surface area (Å²) in [5.74, 6) is 0.800. The minimum atomic E-state index is 0.268. The molecule has 0 saturated heterocycles. The summed E-state index contributed by atoms with van der Waals surface area (Å²) < 4.78 is 5.77. The van der Waals surface area contributed by atoms with Crippen molar-refractivity contribution in [2.75, 3.05) is 13.2 Å². The lowest BCUT2D eigenvalue weighted by molar-refractivity contribution is 0.305. The molecule has 0 aliphatic carbocycles. The summed E-state index contributed by atoms with van der Waals surface area (Å²) in [6.45, 7) is 4.87. The summed E-state index contributed by atoms with van der Waals surface area (Å²) in [4.78, 5) is 0. The highest BCUT2D eigenvalue weighted by atomic mass is 16.5. The van der Waals surface area contributed by atoms with Gasteiger partial charge in [-0.2, -0.15) is 0 Å². The van der Waals surface area contributed by atoms with Gasteiger partial charge < -0.3 is 15.3 Å². The summed E-state index contributed by atoms with van der Waals surface area (Å²) in [5.41, 5.74) is 0.576. The van der Waals surface area contributed by atoms with Crippen LogP contribution in [0.1, 0.15) is 13.8 Å². The number of hydrogen-bond donors (Lipinski definition) is 2. The number of nitrogens with one attached hydrogen (secondary N) is 1. The van der Waals surface area contributed by atoms with Crippen molar-refractivity contribution in [1.29, 1.82) is 0 Å². The van der Waals surface area contributed by atoms with Crippen LogP contribution in [0.15, 0.2) is 47.6 Å². The molecule has 0 aromatic heterocycles. The summed E-state index contributed by atoms with van der Waals surface area (Å²) in [6, 6.07) is 14.3. The third-order valence-electron chi connectivity index (χ3n) is 3.00. The van der Waals surface area contributed by atoms with E-state index in [1.54, 1.807) is 0 Å². The highest BCUT2D eigenvalue weighted by molar-refractivity contribution is 5.90. The zero-order valence-corrected chi connectivity index (χ0v) is 11.8. The van der Waals surface area contributed by atoms with Crippen LogP contribution in [0.2, 0.25) is 0 Å². The molecule has 0 aliphatic rings. The Bertz CT molecular complexity index is 589. The average Bonchev–Trinajstić information content (AvgIpc) is 2.47. The first-order chi connectivity index (χ1) is 9.70. The van der Waals surface area contributed by atoms with Crippen LogP contribution >= 0.6 is 0 Å². The molecule has 2 rings (SSSR count). The predicted octanol–water partition coefficient (Wildman–Crippen LogP) is 3.05. The second-order valence-corrected chi connectivity index (χ2v) is 4.97. The number of ether oxygens (including phenoxy) is 1. The van der Waals surface area contributed by atoms with Gasteiger partial charge in [0.1, 0.15) is 18.1 Å². The third kappa shape index (κ3) is 3.71. The number of fused-ring (bicyclic) bond motifs is 1. The third-order valence-corrected chi connectivity index (χ3v) is 3.00. The smallest absolute Gasteiger partial charge is 0.131 e. The molecule has 2 aromatic carbocycles. The average molecular weight is 272 g/mol. The van der Waals surface area contributed by atoms with Crippen molar-refractivity contribution in [3.8, 4) is 5.75 Å². The summed E-state index contributed by atoms with van der Waals surface area (Å²) in [5, 5.41) is 17.7. The van der Waals surface area contributed by atoms with Gasteiger partial charge in [0.15, 0.2) is 0 Å². The van der Waals surface area contributed by atoms with Gasteiger partial charge in [-0.15, -0.1) is 0 Å². The Morgan fingerprint density at radius 2 is 1.95 bits per heavy atom. The van der Waals surface area contributed by atoms with E-state index in [4.69, 9.17) is 9.94 Å². The number of nitrogens with zero attached hydrogens (tertiary/aromatic N) is 1. The van der Waals surface area contributed by atoms with E-state index in [2.05, 4.69) is 10.5 Å². The van der Waals surface area contributed by atoms with Crippen LogP contribution in [-0.4, -0.2) is 30.1 Å². The molecule has 0 unspecified atom stereocenters. The Balaban J connectivity index is 2.05. The standard InChI is InChI=1S/C16H20N2O2/c1-12(2)17-10-14(18-19)11-20-16-9-5-7-13-6-3-4-8-15(13)16/h3-9,12,17,19H,10-11H2,1-2H3. The molecule has 0 saturated carbocycles. The van der Waals surface area contributed by atoms with Gasteiger partial charge >= 0.3 is 0 Å². The number of benzene rings is 2. The van der Waals surface area contributed by atoms with Crippen LogP contribution in [0.5, 0.6) is 5.75 Å². The fourth-order valence-corrected chi connectivity index (χ4v) is 1.92. The molecule has 0 bridgehead atoms. The Kier molecular flexibility index (Phi) is 4.96. The molecule has 4 heteroatoms. The maximum Gasteiger partial charge on any atom is 0.131 e. The molecular formula is C16H20N2O2. The minimum Gasteiger partial charge on any atom is -0.487 e. The van der Waals surface area contributed by atoms with Crippen molar-refractivity contribution < 1.29 is 9.94 Å². The van der Waals surface area contributed by atoms with Crippen LogP contribution in [0.4, 0.5) is 0 Å². The Hall–Kier alpha value is -2.07. The van der Waals surface area contributed by atoms with E-state index in [0.29, 0.717) is 18.3 Å². The molecule has 0 amide bonds. The van der Waals surface area contributed by atoms with E-state index in [9.17, 15) is 0 Å². The van der Waals surface area contributed by atoms with Crippen molar-refractivity contribution in [2.24, 2.45) is 5.16 Å². The molecule has 20 heavy (non-hydrogen) atoms. The van der Waals surface area contributed by atoms with Crippen molar-refractivity contribution in [3.05, 3.63) is 42.5 Å². The lowest BCUT2D eigenvalue weighted by atomic mass is 10.1. The van der Waals surface area contributed by atoms with E-state index in [1.165, 1.54) is 0 Å². The maximum atomic E-state index is 9.00. The van der Waals surface area contributed by atoms with Gasteiger partial charge in [-0.3, -0.25) is 0 Å². The quantitative estimate of drug-likeness (QED) is 0.483. The normalized spacial score (nSPS) is 12.1. The molecule has 2 aromatic rings. The monoisotopic (exact) mass is 272 g/mol. The molecule has 0 fully saturated rings. The largest absolute Gasteiger partial charge is 0.487 e. The van der Waals surface area contributed by atoms with E-state index in [0.717, 1.165) is 16.5 Å². The molecule has 106 valence electrons. The van der Waals surface area contributed by atoms with Crippen molar-refractivity contribution >= 4 is 16.5 Å².